The SMILES string of the molecule is CNC(=O)Cn1nnnc1SC[C@@H]1C[C@H](SC2=C(C(=O)O)N3C(=O)[C@H]([C@@H](C)O)[C@H]3[C@H]2C)CN1. The van der Waals surface area contributed by atoms with Crippen LogP contribution in [0.1, 0.15) is 20.3 Å². The number of aliphatic hydroxyl groups is 1. The highest BCUT2D eigenvalue weighted by Gasteiger charge is 2.60. The molecule has 180 valence electrons. The summed E-state index contributed by atoms with van der Waals surface area (Å²) in [4.78, 5) is 38.1. The van der Waals surface area contributed by atoms with Crippen molar-refractivity contribution in [3.63, 3.8) is 0 Å². The van der Waals surface area contributed by atoms with Crippen LogP contribution in [0.3, 0.4) is 0 Å². The molecule has 14 heteroatoms. The number of hydrogen-bond donors (Lipinski definition) is 4. The molecule has 4 heterocycles. The summed E-state index contributed by atoms with van der Waals surface area (Å²) in [6, 6.07) is -0.127. The summed E-state index contributed by atoms with van der Waals surface area (Å²) in [7, 11) is 1.55. The molecule has 0 unspecified atom stereocenters. The van der Waals surface area contributed by atoms with Crippen molar-refractivity contribution >= 4 is 41.3 Å². The van der Waals surface area contributed by atoms with Crippen LogP contribution in [0.4, 0.5) is 0 Å². The number of tetrazole rings is 1. The minimum Gasteiger partial charge on any atom is -0.477 e. The summed E-state index contributed by atoms with van der Waals surface area (Å²) in [5.41, 5.74) is 0.0607. The van der Waals surface area contributed by atoms with Crippen molar-refractivity contribution in [2.75, 3.05) is 19.3 Å². The number of hydrogen-bond acceptors (Lipinski definition) is 10. The fraction of sp³-hybridized carbons (Fsp3) is 0.684. The maximum absolute atomic E-state index is 12.5. The number of carbonyl (C=O) groups excluding carboxylic acids is 2. The van der Waals surface area contributed by atoms with Crippen LogP contribution in [-0.4, -0.2) is 95.9 Å². The first-order valence-corrected chi connectivity index (χ1v) is 12.6. The fourth-order valence-electron chi connectivity index (χ4n) is 4.65. The van der Waals surface area contributed by atoms with Crippen molar-refractivity contribution in [1.29, 1.82) is 0 Å². The van der Waals surface area contributed by atoms with Crippen LogP contribution < -0.4 is 10.6 Å². The van der Waals surface area contributed by atoms with E-state index in [-0.39, 0.29) is 47.3 Å². The molecule has 1 aromatic heterocycles. The number of fused-ring (bicyclic) bond motifs is 1. The van der Waals surface area contributed by atoms with E-state index >= 15 is 0 Å². The van der Waals surface area contributed by atoms with Gasteiger partial charge in [-0.25, -0.2) is 9.48 Å². The number of thioether (sulfide) groups is 2. The second kappa shape index (κ2) is 9.60. The second-order valence-corrected chi connectivity index (χ2v) is 10.8. The van der Waals surface area contributed by atoms with Crippen LogP contribution in [0, 0.1) is 11.8 Å². The Morgan fingerprint density at radius 1 is 1.39 bits per heavy atom. The fourth-order valence-corrected chi connectivity index (χ4v) is 7.11. The third-order valence-electron chi connectivity index (χ3n) is 6.27. The van der Waals surface area contributed by atoms with Crippen LogP contribution in [0.5, 0.6) is 0 Å². The van der Waals surface area contributed by atoms with Gasteiger partial charge in [0.05, 0.1) is 18.1 Å². The molecule has 2 saturated heterocycles. The predicted octanol–water partition coefficient (Wildman–Crippen LogP) is -0.871. The summed E-state index contributed by atoms with van der Waals surface area (Å²) in [5.74, 6) is -1.61. The van der Waals surface area contributed by atoms with Crippen molar-refractivity contribution in [2.24, 2.45) is 11.8 Å². The van der Waals surface area contributed by atoms with E-state index < -0.39 is 18.0 Å². The first kappa shape index (κ1) is 24.0. The van der Waals surface area contributed by atoms with E-state index in [0.29, 0.717) is 22.4 Å². The Kier molecular flexibility index (Phi) is 6.98. The number of aromatic nitrogens is 4. The molecular formula is C19H27N7O5S2. The largest absolute Gasteiger partial charge is 0.477 e. The molecule has 33 heavy (non-hydrogen) atoms. The number of carboxylic acids is 1. The Morgan fingerprint density at radius 3 is 2.82 bits per heavy atom. The van der Waals surface area contributed by atoms with Gasteiger partial charge in [-0.1, -0.05) is 18.7 Å². The van der Waals surface area contributed by atoms with Gasteiger partial charge in [-0.3, -0.25) is 9.59 Å². The Balaban J connectivity index is 1.37. The molecule has 1 aromatic rings. The highest BCUT2D eigenvalue weighted by molar-refractivity contribution is 8.03. The van der Waals surface area contributed by atoms with Crippen LogP contribution in [0.25, 0.3) is 0 Å². The zero-order valence-electron chi connectivity index (χ0n) is 18.5. The third kappa shape index (κ3) is 4.48. The number of rotatable bonds is 9. The van der Waals surface area contributed by atoms with Gasteiger partial charge in [0.15, 0.2) is 0 Å². The first-order valence-electron chi connectivity index (χ1n) is 10.7. The van der Waals surface area contributed by atoms with Crippen LogP contribution in [0.2, 0.25) is 0 Å². The molecule has 2 amide bonds. The van der Waals surface area contributed by atoms with E-state index in [9.17, 15) is 24.6 Å². The van der Waals surface area contributed by atoms with Crippen molar-refractivity contribution in [1.82, 2.24) is 35.7 Å². The summed E-state index contributed by atoms with van der Waals surface area (Å²) in [6.45, 7) is 4.27. The van der Waals surface area contributed by atoms with E-state index in [1.807, 2.05) is 6.92 Å². The zero-order chi connectivity index (χ0) is 23.9. The van der Waals surface area contributed by atoms with Gasteiger partial charge in [0, 0.05) is 41.5 Å². The molecule has 0 bridgehead atoms. The summed E-state index contributed by atoms with van der Waals surface area (Å²) in [6.07, 6.45) is 0.00561. The first-order chi connectivity index (χ1) is 15.7. The summed E-state index contributed by atoms with van der Waals surface area (Å²) >= 11 is 2.97. The number of β-lactam (4-membered cyclic amide) rings is 1. The minimum atomic E-state index is -1.11. The zero-order valence-corrected chi connectivity index (χ0v) is 20.1. The van der Waals surface area contributed by atoms with Crippen LogP contribution in [0.15, 0.2) is 15.8 Å². The van der Waals surface area contributed by atoms with Gasteiger partial charge in [-0.05, 0) is 23.8 Å². The second-order valence-electron chi connectivity index (χ2n) is 8.46. The van der Waals surface area contributed by atoms with Gasteiger partial charge >= 0.3 is 5.97 Å². The van der Waals surface area contributed by atoms with Crippen LogP contribution in [-0.2, 0) is 20.9 Å². The van der Waals surface area contributed by atoms with Gasteiger partial charge in [-0.15, -0.1) is 16.9 Å². The van der Waals surface area contributed by atoms with Crippen molar-refractivity contribution in [3.8, 4) is 0 Å². The van der Waals surface area contributed by atoms with E-state index in [0.717, 1.165) is 6.42 Å². The molecule has 0 radical (unpaired) electrons. The van der Waals surface area contributed by atoms with E-state index in [1.54, 1.807) is 14.0 Å². The molecular weight excluding hydrogens is 470 g/mol. The van der Waals surface area contributed by atoms with Crippen molar-refractivity contribution in [3.05, 3.63) is 10.6 Å². The lowest BCUT2D eigenvalue weighted by molar-refractivity contribution is -0.163. The highest BCUT2D eigenvalue weighted by atomic mass is 32.2. The molecule has 4 rings (SSSR count). The smallest absolute Gasteiger partial charge is 0.353 e. The number of aliphatic carboxylic acids is 1. The highest BCUT2D eigenvalue weighted by Crippen LogP contribution is 2.51. The lowest BCUT2D eigenvalue weighted by Crippen LogP contribution is -2.63. The van der Waals surface area contributed by atoms with Crippen LogP contribution >= 0.6 is 23.5 Å². The molecule has 0 saturated carbocycles. The van der Waals surface area contributed by atoms with Gasteiger partial charge < -0.3 is 25.7 Å². The third-order valence-corrected chi connectivity index (χ3v) is 8.90. The van der Waals surface area contributed by atoms with Crippen molar-refractivity contribution < 1.29 is 24.6 Å². The molecule has 4 N–H and O–H groups in total. The Bertz CT molecular complexity index is 983. The maximum Gasteiger partial charge on any atom is 0.353 e. The number of nitrogens with zero attached hydrogens (tertiary/aromatic N) is 5. The van der Waals surface area contributed by atoms with Gasteiger partial charge in [-0.2, -0.15) is 0 Å². The summed E-state index contributed by atoms with van der Waals surface area (Å²) < 4.78 is 1.45. The van der Waals surface area contributed by atoms with Gasteiger partial charge in [0.2, 0.25) is 17.0 Å². The number of carboxylic acid groups (broad SMARTS) is 1. The summed E-state index contributed by atoms with van der Waals surface area (Å²) in [5, 5.41) is 38.0. The molecule has 0 spiro atoms. The molecule has 3 aliphatic rings. The lowest BCUT2D eigenvalue weighted by atomic mass is 9.79. The van der Waals surface area contributed by atoms with Gasteiger partial charge in [0.25, 0.3) is 0 Å². The van der Waals surface area contributed by atoms with Gasteiger partial charge in [0.1, 0.15) is 12.2 Å². The predicted molar refractivity (Wildman–Crippen MR) is 120 cm³/mol. The quantitative estimate of drug-likeness (QED) is 0.248. The monoisotopic (exact) mass is 497 g/mol. The Morgan fingerprint density at radius 2 is 2.15 bits per heavy atom. The Labute approximate surface area is 198 Å². The lowest BCUT2D eigenvalue weighted by Gasteiger charge is -2.46. The number of carbonyl (C=O) groups is 3. The maximum atomic E-state index is 12.5. The van der Waals surface area contributed by atoms with E-state index in [1.165, 1.54) is 33.1 Å². The Hall–Kier alpha value is -2.16. The molecule has 3 aliphatic heterocycles. The standard InChI is InChI=1S/C19H27N7O5S2/c1-8-14-13(9(2)27)17(29)26(14)15(18(30)31)16(8)33-11-4-10(21-5-11)7-32-19-22-23-24-25(19)6-12(28)20-3/h8-11,13-14,21,27H,4-7H2,1-3H3,(H,20,28)(H,30,31)/t8-,9-,10+,11+,13-,14-/m1/s1. The average molecular weight is 498 g/mol. The number of nitrogens with one attached hydrogen (secondary N) is 2. The van der Waals surface area contributed by atoms with Crippen molar-refractivity contribution in [2.45, 2.75) is 55.4 Å². The minimum absolute atomic E-state index is 0.0518. The number of amides is 2. The molecule has 12 nitrogen and oxygen atoms in total. The molecule has 2 fully saturated rings. The average Bonchev–Trinajstić information content (AvgIpc) is 3.45. The normalized spacial score (nSPS) is 29.8. The molecule has 0 aliphatic carbocycles. The molecule has 0 aromatic carbocycles. The molecule has 6 atom stereocenters. The van der Waals surface area contributed by atoms with E-state index in [2.05, 4.69) is 26.2 Å². The van der Waals surface area contributed by atoms with E-state index in [4.69, 9.17) is 0 Å². The number of aliphatic hydroxyl groups excluding tert-OH is 1. The topological polar surface area (TPSA) is 163 Å². The number of likely N-dealkylation sites (N-methyl/N-ethyl adjacent to an activating group) is 1.